The molecule has 0 aliphatic heterocycles. The SMILES string of the molecule is CC(C)C#N.[Sn]. The van der Waals surface area contributed by atoms with Crippen molar-refractivity contribution in [3.05, 3.63) is 0 Å². The molecule has 0 spiro atoms. The summed E-state index contributed by atoms with van der Waals surface area (Å²) >= 11 is 0. The third kappa shape index (κ3) is 8.86. The van der Waals surface area contributed by atoms with Crippen LogP contribution in [0.4, 0.5) is 0 Å². The smallest absolute Gasteiger partial charge is 0.0649 e. The summed E-state index contributed by atoms with van der Waals surface area (Å²) < 4.78 is 0. The third-order valence-corrected chi connectivity index (χ3v) is 0.258. The molecule has 0 saturated heterocycles. The molecule has 0 aromatic rings. The molecule has 4 radical (unpaired) electrons. The maximum Gasteiger partial charge on any atom is 0.0649 e. The Labute approximate surface area is 55.3 Å². The Kier molecular flexibility index (Phi) is 8.43. The topological polar surface area (TPSA) is 23.8 Å². The maximum atomic E-state index is 7.89. The first-order valence-electron chi connectivity index (χ1n) is 1.67. The second-order valence-electron chi connectivity index (χ2n) is 1.28. The first-order valence-corrected chi connectivity index (χ1v) is 1.67. The van der Waals surface area contributed by atoms with Crippen molar-refractivity contribution >= 4 is 23.9 Å². The quantitative estimate of drug-likeness (QED) is 0.515. The van der Waals surface area contributed by atoms with Gasteiger partial charge in [0.15, 0.2) is 0 Å². The van der Waals surface area contributed by atoms with Crippen LogP contribution in [0.1, 0.15) is 13.8 Å². The molecule has 0 rings (SSSR count). The van der Waals surface area contributed by atoms with Crippen molar-refractivity contribution < 1.29 is 0 Å². The number of nitrogens with zero attached hydrogens (tertiary/aromatic N) is 1. The van der Waals surface area contributed by atoms with E-state index in [2.05, 4.69) is 0 Å². The Morgan fingerprint density at radius 3 is 1.67 bits per heavy atom. The van der Waals surface area contributed by atoms with Gasteiger partial charge in [-0.1, -0.05) is 0 Å². The fraction of sp³-hybridized carbons (Fsp3) is 0.750. The molecule has 6 heavy (non-hydrogen) atoms. The minimum absolute atomic E-state index is 0. The van der Waals surface area contributed by atoms with Gasteiger partial charge in [0, 0.05) is 29.8 Å². The van der Waals surface area contributed by atoms with E-state index in [-0.39, 0.29) is 29.8 Å². The van der Waals surface area contributed by atoms with Crippen molar-refractivity contribution in [2.24, 2.45) is 5.92 Å². The largest absolute Gasteiger partial charge is 0.198 e. The van der Waals surface area contributed by atoms with Gasteiger partial charge in [-0.25, -0.2) is 0 Å². The van der Waals surface area contributed by atoms with Gasteiger partial charge in [-0.3, -0.25) is 0 Å². The monoisotopic (exact) mass is 189 g/mol. The van der Waals surface area contributed by atoms with E-state index in [0.29, 0.717) is 0 Å². The molecule has 0 aliphatic rings. The van der Waals surface area contributed by atoms with Gasteiger partial charge in [-0.05, 0) is 13.8 Å². The zero-order chi connectivity index (χ0) is 4.28. The van der Waals surface area contributed by atoms with E-state index < -0.39 is 0 Å². The second-order valence-corrected chi connectivity index (χ2v) is 1.28. The predicted molar refractivity (Wildman–Crippen MR) is 26.2 cm³/mol. The minimum atomic E-state index is 0. The Bertz CT molecular complexity index is 53.1. The first kappa shape index (κ1) is 9.56. The van der Waals surface area contributed by atoms with Crippen LogP contribution in [0.25, 0.3) is 0 Å². The predicted octanol–water partition coefficient (Wildman–Crippen LogP) is 0.785. The number of rotatable bonds is 0. The van der Waals surface area contributed by atoms with Gasteiger partial charge >= 0.3 is 0 Å². The summed E-state index contributed by atoms with van der Waals surface area (Å²) in [6.45, 7) is 3.72. The van der Waals surface area contributed by atoms with Crippen LogP contribution in [0.15, 0.2) is 0 Å². The fourth-order valence-electron chi connectivity index (χ4n) is 0. The molecule has 0 fully saturated rings. The molecule has 0 amide bonds. The molecule has 0 heterocycles. The van der Waals surface area contributed by atoms with Gasteiger partial charge < -0.3 is 0 Å². The van der Waals surface area contributed by atoms with Crippen LogP contribution in [0, 0.1) is 17.2 Å². The molecular formula is C4H7NSn. The summed E-state index contributed by atoms with van der Waals surface area (Å²) in [5.74, 6) is 0.190. The number of hydrogen-bond acceptors (Lipinski definition) is 1. The maximum absolute atomic E-state index is 7.89. The molecule has 0 aliphatic carbocycles. The molecule has 2 heteroatoms. The number of hydrogen-bond donors (Lipinski definition) is 0. The standard InChI is InChI=1S/C4H7N.Sn/c1-4(2)3-5;/h4H,1-2H3;. The van der Waals surface area contributed by atoms with E-state index in [1.54, 1.807) is 0 Å². The molecule has 0 saturated carbocycles. The Balaban J connectivity index is 0. The fourth-order valence-corrected chi connectivity index (χ4v) is 0. The zero-order valence-electron chi connectivity index (χ0n) is 4.02. The van der Waals surface area contributed by atoms with Crippen molar-refractivity contribution in [1.82, 2.24) is 0 Å². The van der Waals surface area contributed by atoms with Crippen molar-refractivity contribution in [2.75, 3.05) is 0 Å². The van der Waals surface area contributed by atoms with E-state index in [1.165, 1.54) is 0 Å². The van der Waals surface area contributed by atoms with Gasteiger partial charge in [0.2, 0.25) is 0 Å². The van der Waals surface area contributed by atoms with E-state index in [1.807, 2.05) is 19.9 Å². The van der Waals surface area contributed by atoms with E-state index in [0.717, 1.165) is 0 Å². The molecule has 0 atom stereocenters. The molecule has 0 N–H and O–H groups in total. The van der Waals surface area contributed by atoms with Crippen LogP contribution in [0.5, 0.6) is 0 Å². The molecule has 1 nitrogen and oxygen atoms in total. The summed E-state index contributed by atoms with van der Waals surface area (Å²) in [7, 11) is 0. The normalized spacial score (nSPS) is 6.33. The van der Waals surface area contributed by atoms with Crippen LogP contribution >= 0.6 is 0 Å². The van der Waals surface area contributed by atoms with Gasteiger partial charge in [0.25, 0.3) is 0 Å². The van der Waals surface area contributed by atoms with Crippen LogP contribution in [0.2, 0.25) is 0 Å². The summed E-state index contributed by atoms with van der Waals surface area (Å²) in [6, 6.07) is 2.03. The third-order valence-electron chi connectivity index (χ3n) is 0.258. The zero-order valence-corrected chi connectivity index (χ0v) is 6.88. The molecule has 0 unspecified atom stereocenters. The summed E-state index contributed by atoms with van der Waals surface area (Å²) in [6.07, 6.45) is 0. The van der Waals surface area contributed by atoms with Crippen molar-refractivity contribution in [2.45, 2.75) is 13.8 Å². The van der Waals surface area contributed by atoms with Crippen LogP contribution in [0.3, 0.4) is 0 Å². The van der Waals surface area contributed by atoms with Gasteiger partial charge in [-0.15, -0.1) is 0 Å². The first-order chi connectivity index (χ1) is 2.27. The van der Waals surface area contributed by atoms with Gasteiger partial charge in [0.1, 0.15) is 0 Å². The van der Waals surface area contributed by atoms with Crippen molar-refractivity contribution in [3.8, 4) is 6.07 Å². The average Bonchev–Trinajstić information content (AvgIpc) is 1.38. The Morgan fingerprint density at radius 1 is 1.50 bits per heavy atom. The van der Waals surface area contributed by atoms with Crippen molar-refractivity contribution in [3.63, 3.8) is 0 Å². The van der Waals surface area contributed by atoms with Crippen LogP contribution in [-0.2, 0) is 0 Å². The summed E-state index contributed by atoms with van der Waals surface area (Å²) in [5, 5.41) is 7.89. The Hall–Kier alpha value is 0.289. The minimum Gasteiger partial charge on any atom is -0.198 e. The second kappa shape index (κ2) is 5.29. The van der Waals surface area contributed by atoms with Crippen molar-refractivity contribution in [1.29, 1.82) is 5.26 Å². The number of nitriles is 1. The molecule has 0 aromatic heterocycles. The average molecular weight is 188 g/mol. The molecular weight excluding hydrogens is 181 g/mol. The molecule has 32 valence electrons. The van der Waals surface area contributed by atoms with Gasteiger partial charge in [0.05, 0.1) is 6.07 Å². The molecule has 0 bridgehead atoms. The summed E-state index contributed by atoms with van der Waals surface area (Å²) in [5.41, 5.74) is 0. The van der Waals surface area contributed by atoms with E-state index in [4.69, 9.17) is 5.26 Å². The van der Waals surface area contributed by atoms with E-state index in [9.17, 15) is 0 Å². The summed E-state index contributed by atoms with van der Waals surface area (Å²) in [4.78, 5) is 0. The van der Waals surface area contributed by atoms with Gasteiger partial charge in [-0.2, -0.15) is 5.26 Å². The van der Waals surface area contributed by atoms with Crippen LogP contribution < -0.4 is 0 Å². The van der Waals surface area contributed by atoms with E-state index >= 15 is 0 Å². The Morgan fingerprint density at radius 2 is 1.67 bits per heavy atom. The molecule has 0 aromatic carbocycles. The van der Waals surface area contributed by atoms with Crippen LogP contribution in [-0.4, -0.2) is 23.9 Å².